The van der Waals surface area contributed by atoms with Gasteiger partial charge >= 0.3 is 5.97 Å². The van der Waals surface area contributed by atoms with Crippen LogP contribution in [0.1, 0.15) is 12.8 Å². The van der Waals surface area contributed by atoms with Gasteiger partial charge in [-0.1, -0.05) is 0 Å². The van der Waals surface area contributed by atoms with E-state index in [1.807, 2.05) is 0 Å². The summed E-state index contributed by atoms with van der Waals surface area (Å²) < 4.78 is 0. The number of nitrogens with one attached hydrogen (secondary N) is 1. The molecule has 0 bridgehead atoms. The van der Waals surface area contributed by atoms with Crippen LogP contribution in [0.15, 0.2) is 0 Å². The number of carboxylic acids is 1. The van der Waals surface area contributed by atoms with Crippen LogP contribution < -0.4 is 5.32 Å². The molecule has 1 amide bonds. The molecule has 80 valence electrons. The van der Waals surface area contributed by atoms with Crippen molar-refractivity contribution >= 4 is 11.9 Å². The highest BCUT2D eigenvalue weighted by Gasteiger charge is 2.27. The summed E-state index contributed by atoms with van der Waals surface area (Å²) in [6.07, 6.45) is 1.46. The van der Waals surface area contributed by atoms with Gasteiger partial charge in [-0.25, -0.2) is 0 Å². The topological polar surface area (TPSA) is 69.6 Å². The van der Waals surface area contributed by atoms with Gasteiger partial charge in [-0.15, -0.1) is 0 Å². The Morgan fingerprint density at radius 3 is 2.86 bits per heavy atom. The Hall–Kier alpha value is -1.10. The highest BCUT2D eigenvalue weighted by Crippen LogP contribution is 2.16. The summed E-state index contributed by atoms with van der Waals surface area (Å²) in [5.41, 5.74) is 0. The number of likely N-dealkylation sites (N-methyl/N-ethyl adjacent to an activating group) is 1. The largest absolute Gasteiger partial charge is 0.481 e. The Morgan fingerprint density at radius 2 is 2.29 bits per heavy atom. The third kappa shape index (κ3) is 2.70. The average Bonchev–Trinajstić information content (AvgIpc) is 2.18. The first-order valence-electron chi connectivity index (χ1n) is 4.80. The molecule has 0 spiro atoms. The van der Waals surface area contributed by atoms with E-state index in [0.29, 0.717) is 19.5 Å². The highest BCUT2D eigenvalue weighted by atomic mass is 16.4. The average molecular weight is 200 g/mol. The van der Waals surface area contributed by atoms with Gasteiger partial charge in [0.2, 0.25) is 5.91 Å². The summed E-state index contributed by atoms with van der Waals surface area (Å²) in [5.74, 6) is -1.20. The van der Waals surface area contributed by atoms with Crippen molar-refractivity contribution in [2.45, 2.75) is 12.8 Å². The zero-order valence-electron chi connectivity index (χ0n) is 8.32. The number of aliphatic carboxylic acids is 1. The van der Waals surface area contributed by atoms with Gasteiger partial charge in [-0.3, -0.25) is 9.59 Å². The van der Waals surface area contributed by atoms with Crippen LogP contribution in [0.5, 0.6) is 0 Å². The third-order valence-corrected chi connectivity index (χ3v) is 2.45. The van der Waals surface area contributed by atoms with Crippen molar-refractivity contribution in [3.8, 4) is 0 Å². The van der Waals surface area contributed by atoms with Crippen LogP contribution in [0.4, 0.5) is 0 Å². The summed E-state index contributed by atoms with van der Waals surface area (Å²) in [4.78, 5) is 23.8. The number of hydrogen-bond donors (Lipinski definition) is 2. The quantitative estimate of drug-likeness (QED) is 0.646. The van der Waals surface area contributed by atoms with E-state index in [2.05, 4.69) is 5.32 Å². The van der Waals surface area contributed by atoms with Crippen LogP contribution >= 0.6 is 0 Å². The minimum absolute atomic E-state index is 0.0153. The van der Waals surface area contributed by atoms with Gasteiger partial charge in [0.1, 0.15) is 0 Å². The molecule has 1 heterocycles. The van der Waals surface area contributed by atoms with E-state index in [0.717, 1.165) is 6.42 Å². The minimum Gasteiger partial charge on any atom is -0.481 e. The Labute approximate surface area is 83.1 Å². The van der Waals surface area contributed by atoms with Crippen LogP contribution in [-0.4, -0.2) is 48.6 Å². The van der Waals surface area contributed by atoms with Crippen LogP contribution in [0.25, 0.3) is 0 Å². The summed E-state index contributed by atoms with van der Waals surface area (Å²) in [6, 6.07) is 0. The van der Waals surface area contributed by atoms with E-state index in [-0.39, 0.29) is 18.4 Å². The zero-order chi connectivity index (χ0) is 10.6. The first-order valence-corrected chi connectivity index (χ1v) is 4.80. The molecule has 1 aliphatic rings. The van der Waals surface area contributed by atoms with Crippen molar-refractivity contribution in [1.29, 1.82) is 0 Å². The molecule has 1 aliphatic heterocycles. The number of likely N-dealkylation sites (tertiary alicyclic amines) is 1. The molecule has 1 rings (SSSR count). The fourth-order valence-corrected chi connectivity index (χ4v) is 1.67. The second-order valence-corrected chi connectivity index (χ2v) is 3.55. The van der Waals surface area contributed by atoms with E-state index in [1.54, 1.807) is 11.9 Å². The van der Waals surface area contributed by atoms with E-state index < -0.39 is 5.97 Å². The van der Waals surface area contributed by atoms with Crippen molar-refractivity contribution in [3.05, 3.63) is 0 Å². The smallest absolute Gasteiger partial charge is 0.308 e. The molecule has 1 fully saturated rings. The van der Waals surface area contributed by atoms with Crippen molar-refractivity contribution < 1.29 is 14.7 Å². The summed E-state index contributed by atoms with van der Waals surface area (Å²) in [5, 5.41) is 11.6. The SMILES string of the molecule is CNCC(=O)N1CCCC(C(=O)O)C1. The fraction of sp³-hybridized carbons (Fsp3) is 0.778. The minimum atomic E-state index is -0.799. The second kappa shape index (κ2) is 4.95. The maximum absolute atomic E-state index is 11.4. The molecule has 0 saturated carbocycles. The Balaban J connectivity index is 2.47. The van der Waals surface area contributed by atoms with Gasteiger partial charge in [0.15, 0.2) is 0 Å². The number of hydrogen-bond acceptors (Lipinski definition) is 3. The lowest BCUT2D eigenvalue weighted by atomic mass is 9.98. The predicted molar refractivity (Wildman–Crippen MR) is 50.9 cm³/mol. The third-order valence-electron chi connectivity index (χ3n) is 2.45. The normalized spacial score (nSPS) is 22.1. The Morgan fingerprint density at radius 1 is 1.57 bits per heavy atom. The fourth-order valence-electron chi connectivity index (χ4n) is 1.67. The van der Waals surface area contributed by atoms with Crippen molar-refractivity contribution in [1.82, 2.24) is 10.2 Å². The molecule has 1 unspecified atom stereocenters. The lowest BCUT2D eigenvalue weighted by Gasteiger charge is -2.30. The molecule has 0 aliphatic carbocycles. The molecular weight excluding hydrogens is 184 g/mol. The maximum Gasteiger partial charge on any atom is 0.308 e. The van der Waals surface area contributed by atoms with Crippen molar-refractivity contribution in [2.24, 2.45) is 5.92 Å². The maximum atomic E-state index is 11.4. The van der Waals surface area contributed by atoms with Crippen molar-refractivity contribution in [2.75, 3.05) is 26.7 Å². The summed E-state index contributed by atoms with van der Waals surface area (Å²) in [6.45, 7) is 1.33. The predicted octanol–water partition coefficient (Wildman–Crippen LogP) is -0.471. The number of amides is 1. The molecule has 0 aromatic carbocycles. The molecule has 5 heteroatoms. The lowest BCUT2D eigenvalue weighted by Crippen LogP contribution is -2.45. The van der Waals surface area contributed by atoms with Crippen molar-refractivity contribution in [3.63, 3.8) is 0 Å². The van der Waals surface area contributed by atoms with Gasteiger partial charge in [0, 0.05) is 13.1 Å². The van der Waals surface area contributed by atoms with Crippen LogP contribution in [0.2, 0.25) is 0 Å². The molecule has 14 heavy (non-hydrogen) atoms. The van der Waals surface area contributed by atoms with E-state index >= 15 is 0 Å². The number of carbonyl (C=O) groups is 2. The van der Waals surface area contributed by atoms with E-state index in [4.69, 9.17) is 5.11 Å². The lowest BCUT2D eigenvalue weighted by molar-refractivity contribution is -0.145. The number of rotatable bonds is 3. The monoisotopic (exact) mass is 200 g/mol. The van der Waals surface area contributed by atoms with Gasteiger partial charge in [0.05, 0.1) is 12.5 Å². The van der Waals surface area contributed by atoms with E-state index in [9.17, 15) is 9.59 Å². The number of nitrogens with zero attached hydrogens (tertiary/aromatic N) is 1. The first kappa shape index (κ1) is 11.0. The molecular formula is C9H16N2O3. The van der Waals surface area contributed by atoms with Gasteiger partial charge in [-0.05, 0) is 19.9 Å². The number of piperidine rings is 1. The highest BCUT2D eigenvalue weighted by molar-refractivity contribution is 5.79. The van der Waals surface area contributed by atoms with E-state index in [1.165, 1.54) is 0 Å². The molecule has 1 saturated heterocycles. The Kier molecular flexibility index (Phi) is 3.88. The van der Waals surface area contributed by atoms with Gasteiger partial charge in [-0.2, -0.15) is 0 Å². The molecule has 1 atom stereocenters. The summed E-state index contributed by atoms with van der Waals surface area (Å²) >= 11 is 0. The zero-order valence-corrected chi connectivity index (χ0v) is 8.32. The van der Waals surface area contributed by atoms with Crippen LogP contribution in [0, 0.1) is 5.92 Å². The molecule has 5 nitrogen and oxygen atoms in total. The Bertz CT molecular complexity index is 230. The van der Waals surface area contributed by atoms with Crippen LogP contribution in [-0.2, 0) is 9.59 Å². The number of carboxylic acid groups (broad SMARTS) is 1. The summed E-state index contributed by atoms with van der Waals surface area (Å²) in [7, 11) is 1.70. The molecule has 2 N–H and O–H groups in total. The van der Waals surface area contributed by atoms with Gasteiger partial charge < -0.3 is 15.3 Å². The standard InChI is InChI=1S/C9H16N2O3/c1-10-5-8(12)11-4-2-3-7(6-11)9(13)14/h7,10H,2-6H2,1H3,(H,13,14). The molecule has 0 aromatic heterocycles. The molecule has 0 radical (unpaired) electrons. The molecule has 0 aromatic rings. The van der Waals surface area contributed by atoms with Crippen LogP contribution in [0.3, 0.4) is 0 Å². The number of carbonyl (C=O) groups excluding carboxylic acids is 1. The van der Waals surface area contributed by atoms with Gasteiger partial charge in [0.25, 0.3) is 0 Å². The first-order chi connectivity index (χ1) is 6.65. The second-order valence-electron chi connectivity index (χ2n) is 3.55.